The zero-order valence-electron chi connectivity index (χ0n) is 49.0. The number of benzene rings is 1. The van der Waals surface area contributed by atoms with Crippen molar-refractivity contribution in [2.45, 2.75) is 243 Å². The summed E-state index contributed by atoms with van der Waals surface area (Å²) in [5, 5.41) is 202. The number of methoxy groups -OCH3 is 1. The first-order valence-electron chi connectivity index (χ1n) is 29.0. The van der Waals surface area contributed by atoms with E-state index in [-0.39, 0.29) is 5.75 Å². The summed E-state index contributed by atoms with van der Waals surface area (Å²) in [6, 6.07) is 2.00. The maximum Gasteiger partial charge on any atom is 0.229 e. The van der Waals surface area contributed by atoms with Gasteiger partial charge in [0.2, 0.25) is 18.1 Å². The lowest BCUT2D eigenvalue weighted by Gasteiger charge is -2.52. The highest BCUT2D eigenvalue weighted by molar-refractivity contribution is 5.73. The Labute approximate surface area is 512 Å². The molecule has 14 unspecified atom stereocenters. The highest BCUT2D eigenvalue weighted by Crippen LogP contribution is 2.40. The van der Waals surface area contributed by atoms with Crippen LogP contribution in [-0.2, 0) is 71.2 Å². The third-order valence-electron chi connectivity index (χ3n) is 16.6. The SMILES string of the molecule is COc1ccc(O[C@H]2OC(CO)[C@@H](O[C@@H]3OC(CO)[C@@H](O[C@@H]4OC(CO)[C@H](O)[C@H](O)C4O)[C@H](O[C@@H]4OC(C)[C@@H](O)[C@H](O)C4O)C3NC(C)=O)[C@H](O)C2O[C@@H]2OC(CO)[C@@H](O[C@@H]3OC(CO)[C@H](O)[C@H](O)C3O)[C@H](O[C@@H]3OC(C)[C@@H](O)[C@H](O)C3O)C2NC(C)=O)cc1. The van der Waals surface area contributed by atoms with Gasteiger partial charge in [-0.25, -0.2) is 0 Å². The zero-order chi connectivity index (χ0) is 65.9. The molecule has 8 rings (SSSR count). The molecule has 0 aromatic heterocycles. The van der Waals surface area contributed by atoms with Crippen molar-refractivity contribution in [3.05, 3.63) is 24.3 Å². The molecule has 7 aliphatic heterocycles. The molecule has 0 spiro atoms. The predicted molar refractivity (Wildman–Crippen MR) is 284 cm³/mol. The minimum absolute atomic E-state index is 0.0157. The van der Waals surface area contributed by atoms with Crippen molar-refractivity contribution in [2.75, 3.05) is 40.1 Å². The third kappa shape index (κ3) is 15.6. The van der Waals surface area contributed by atoms with Gasteiger partial charge in [-0.05, 0) is 38.1 Å². The maximum absolute atomic E-state index is 13.4. The van der Waals surface area contributed by atoms with Crippen LogP contribution in [0, 0.1) is 0 Å². The second kappa shape index (κ2) is 31.4. The lowest BCUT2D eigenvalue weighted by Crippen LogP contribution is -2.72. The summed E-state index contributed by atoms with van der Waals surface area (Å²) >= 11 is 0. The summed E-state index contributed by atoms with van der Waals surface area (Å²) in [5.41, 5.74) is 0. The minimum atomic E-state index is -2.26. The lowest BCUT2D eigenvalue weighted by atomic mass is 9.93. The Kier molecular flexibility index (Phi) is 25.2. The number of amides is 2. The molecule has 0 saturated carbocycles. The molecule has 0 aliphatic carbocycles. The topological polar surface area (TPSA) is 561 Å². The molecule has 7 fully saturated rings. The van der Waals surface area contributed by atoms with Crippen molar-refractivity contribution >= 4 is 11.8 Å². The Bertz CT molecular complexity index is 2410. The number of rotatable bonds is 22. The smallest absolute Gasteiger partial charge is 0.229 e. The van der Waals surface area contributed by atoms with Gasteiger partial charge in [-0.2, -0.15) is 0 Å². The van der Waals surface area contributed by atoms with E-state index < -0.39 is 260 Å². The molecule has 37 heteroatoms. The van der Waals surface area contributed by atoms with E-state index in [1.165, 1.54) is 45.2 Å². The Morgan fingerprint density at radius 1 is 0.356 bits per heavy atom. The van der Waals surface area contributed by atoms with E-state index in [0.717, 1.165) is 13.8 Å². The first-order chi connectivity index (χ1) is 42.7. The molecule has 2 amide bonds. The molecule has 35 atom stereocenters. The van der Waals surface area contributed by atoms with Gasteiger partial charge in [0.05, 0.1) is 52.4 Å². The van der Waals surface area contributed by atoms with Crippen LogP contribution in [0.4, 0.5) is 0 Å². The van der Waals surface area contributed by atoms with E-state index in [9.17, 15) is 102 Å². The summed E-state index contributed by atoms with van der Waals surface area (Å²) in [5.74, 6) is -1.46. The molecule has 20 N–H and O–H groups in total. The van der Waals surface area contributed by atoms with Crippen LogP contribution in [0.25, 0.3) is 0 Å². The number of hydrogen-bond donors (Lipinski definition) is 20. The lowest BCUT2D eigenvalue weighted by molar-refractivity contribution is -0.396. The molecule has 90 heavy (non-hydrogen) atoms. The van der Waals surface area contributed by atoms with Gasteiger partial charge < -0.3 is 174 Å². The molecule has 1 aromatic carbocycles. The molecular weight excluding hydrogens is 1220 g/mol. The fraction of sp³-hybridized carbons (Fsp3) is 0.849. The molecule has 7 saturated heterocycles. The van der Waals surface area contributed by atoms with Crippen molar-refractivity contribution in [3.8, 4) is 11.5 Å². The van der Waals surface area contributed by atoms with Gasteiger partial charge >= 0.3 is 0 Å². The quantitative estimate of drug-likeness (QED) is 0.0513. The van der Waals surface area contributed by atoms with Crippen LogP contribution < -0.4 is 20.1 Å². The summed E-state index contributed by atoms with van der Waals surface area (Å²) in [4.78, 5) is 26.8. The molecule has 0 radical (unpaired) electrons. The molecule has 1 aromatic rings. The van der Waals surface area contributed by atoms with E-state index in [0.29, 0.717) is 5.75 Å². The molecule has 7 heterocycles. The van der Waals surface area contributed by atoms with Crippen LogP contribution >= 0.6 is 0 Å². The standard InChI is InChI=1S/C53H84N2O35/c1-15-28(63)32(67)36(71)49(77-15)88-44-26(54-17(3)61)47(82-24(13-59)42(44)86-51-38(73)34(69)30(65)21(10-56)80-51)85-41-23(12-58)84-53(79-20-8-6-19(76-5)7-9-20)46(40(41)75)90-48-27(55-18(4)62)45(89-50-37(72)33(68)29(64)16(2)78-50)43(25(14-60)83-48)87-52-39(74)35(70)31(66)22(11-57)81-52/h6-9,15-16,21-53,56-60,63-75H,10-14H2,1-5H3,(H,54,61)(H,55,62)/t15?,16?,21?,22?,23?,24?,25?,26?,27?,28-,29-,30+,31+,32+,33+,34+,35+,36?,37?,38?,39?,40+,41-,42-,43-,44-,45-,46?,47+,48+,49+,50+,51+,52+,53+/m1/s1. The Morgan fingerprint density at radius 2 is 0.656 bits per heavy atom. The third-order valence-corrected chi connectivity index (χ3v) is 16.6. The van der Waals surface area contributed by atoms with E-state index in [1.54, 1.807) is 0 Å². The van der Waals surface area contributed by atoms with Crippen molar-refractivity contribution in [2.24, 2.45) is 0 Å². The molecule has 37 nitrogen and oxygen atoms in total. The second-order valence-electron chi connectivity index (χ2n) is 22.8. The number of ether oxygens (including phenoxy) is 15. The fourth-order valence-electron chi connectivity index (χ4n) is 11.5. The van der Waals surface area contributed by atoms with Crippen LogP contribution in [0.1, 0.15) is 27.7 Å². The summed E-state index contributed by atoms with van der Waals surface area (Å²) in [7, 11) is 1.38. The average molecular weight is 1310 g/mol. The van der Waals surface area contributed by atoms with E-state index in [4.69, 9.17) is 71.1 Å². The molecule has 0 bridgehead atoms. The van der Waals surface area contributed by atoms with Crippen molar-refractivity contribution in [3.63, 3.8) is 0 Å². The number of aliphatic hydroxyl groups excluding tert-OH is 18. The highest BCUT2D eigenvalue weighted by atomic mass is 16.8. The number of carbonyl (C=O) groups is 2. The van der Waals surface area contributed by atoms with Crippen molar-refractivity contribution in [1.82, 2.24) is 10.6 Å². The predicted octanol–water partition coefficient (Wildman–Crippen LogP) is -11.8. The second-order valence-corrected chi connectivity index (χ2v) is 22.8. The van der Waals surface area contributed by atoms with E-state index in [1.807, 2.05) is 0 Å². The van der Waals surface area contributed by atoms with Gasteiger partial charge in [0, 0.05) is 13.8 Å². The summed E-state index contributed by atoms with van der Waals surface area (Å²) in [6.45, 7) is -0.493. The van der Waals surface area contributed by atoms with Crippen LogP contribution in [-0.4, -0.2) is 359 Å². The maximum atomic E-state index is 13.4. The van der Waals surface area contributed by atoms with E-state index >= 15 is 0 Å². The largest absolute Gasteiger partial charge is 0.497 e. The van der Waals surface area contributed by atoms with Crippen LogP contribution in [0.15, 0.2) is 24.3 Å². The summed E-state index contributed by atoms with van der Waals surface area (Å²) < 4.78 is 91.0. The van der Waals surface area contributed by atoms with Gasteiger partial charge in [-0.15, -0.1) is 0 Å². The Morgan fingerprint density at radius 3 is 1.02 bits per heavy atom. The van der Waals surface area contributed by atoms with Gasteiger partial charge in [0.15, 0.2) is 43.8 Å². The number of carbonyl (C=O) groups excluding carboxylic acids is 2. The number of hydrogen-bond acceptors (Lipinski definition) is 35. The monoisotopic (exact) mass is 1310 g/mol. The zero-order valence-corrected chi connectivity index (χ0v) is 49.0. The van der Waals surface area contributed by atoms with Crippen LogP contribution in [0.5, 0.6) is 11.5 Å². The van der Waals surface area contributed by atoms with Gasteiger partial charge in [-0.3, -0.25) is 9.59 Å². The normalized spacial score (nSPS) is 47.7. The summed E-state index contributed by atoms with van der Waals surface area (Å²) in [6.07, 6.45) is -62.6. The number of nitrogens with one attached hydrogen (secondary N) is 2. The first-order valence-corrected chi connectivity index (χ1v) is 29.0. The molecule has 7 aliphatic rings. The Balaban J connectivity index is 1.19. The highest BCUT2D eigenvalue weighted by Gasteiger charge is 2.60. The fourth-order valence-corrected chi connectivity index (χ4v) is 11.5. The van der Waals surface area contributed by atoms with Gasteiger partial charge in [-0.1, -0.05) is 0 Å². The van der Waals surface area contributed by atoms with Crippen molar-refractivity contribution < 1.29 is 173 Å². The first kappa shape index (κ1) is 72.4. The van der Waals surface area contributed by atoms with Crippen molar-refractivity contribution in [1.29, 1.82) is 0 Å². The van der Waals surface area contributed by atoms with Gasteiger partial charge in [0.1, 0.15) is 164 Å². The van der Waals surface area contributed by atoms with E-state index in [2.05, 4.69) is 10.6 Å². The number of aliphatic hydroxyl groups is 18. The molecular formula is C53H84N2O35. The Hall–Kier alpha value is -3.48. The average Bonchev–Trinajstić information content (AvgIpc) is 0.871. The van der Waals surface area contributed by atoms with Crippen LogP contribution in [0.2, 0.25) is 0 Å². The molecule has 516 valence electrons. The van der Waals surface area contributed by atoms with Gasteiger partial charge in [0.25, 0.3) is 0 Å². The minimum Gasteiger partial charge on any atom is -0.497 e. The van der Waals surface area contributed by atoms with Crippen LogP contribution in [0.3, 0.4) is 0 Å².